The van der Waals surface area contributed by atoms with Gasteiger partial charge in [-0.15, -0.1) is 0 Å². The van der Waals surface area contributed by atoms with Crippen molar-refractivity contribution in [1.82, 2.24) is 0 Å². The molecule has 0 saturated heterocycles. The molecule has 0 aliphatic rings. The van der Waals surface area contributed by atoms with Crippen molar-refractivity contribution in [2.75, 3.05) is 6.61 Å². The summed E-state index contributed by atoms with van der Waals surface area (Å²) in [6, 6.07) is 10.3. The number of esters is 1. The Labute approximate surface area is 237 Å². The molecule has 0 saturated carbocycles. The molecule has 0 aliphatic carbocycles. The lowest BCUT2D eigenvalue weighted by Crippen LogP contribution is -2.10. The molecule has 0 aliphatic heterocycles. The van der Waals surface area contributed by atoms with Crippen LogP contribution in [-0.2, 0) is 11.2 Å². The standard InChI is InChI=1S/C18H26O4.C14H18O4/c1-2-3-4-5-6-7-8-9-13-22-18(21)16-12-10-11-15(14-16)17(19)20;1-2-3-4-5-7-10-11(13(15)16)8-6-9-12(10)14(17)18/h10-12,14H,2-9,13H2,1H3,(H,19,20);6,8-9H,2-5,7H2,1H3,(H,15,16)(H,17,18). The molecular weight excluding hydrogens is 512 g/mol. The summed E-state index contributed by atoms with van der Waals surface area (Å²) in [7, 11) is 0. The molecule has 220 valence electrons. The van der Waals surface area contributed by atoms with Crippen LogP contribution in [0.15, 0.2) is 42.5 Å². The Morgan fingerprint density at radius 1 is 0.600 bits per heavy atom. The van der Waals surface area contributed by atoms with Crippen LogP contribution in [0, 0.1) is 0 Å². The van der Waals surface area contributed by atoms with Gasteiger partial charge in [0.15, 0.2) is 0 Å². The smallest absolute Gasteiger partial charge is 0.338 e. The molecule has 8 heteroatoms. The van der Waals surface area contributed by atoms with Gasteiger partial charge in [-0.2, -0.15) is 0 Å². The van der Waals surface area contributed by atoms with E-state index in [-0.39, 0.29) is 16.7 Å². The summed E-state index contributed by atoms with van der Waals surface area (Å²) in [5.74, 6) is -3.63. The molecule has 2 rings (SSSR count). The number of hydrogen-bond acceptors (Lipinski definition) is 5. The largest absolute Gasteiger partial charge is 0.478 e. The van der Waals surface area contributed by atoms with E-state index in [2.05, 4.69) is 13.8 Å². The maximum Gasteiger partial charge on any atom is 0.338 e. The van der Waals surface area contributed by atoms with Crippen molar-refractivity contribution in [1.29, 1.82) is 0 Å². The Kier molecular flexibility index (Phi) is 17.4. The topological polar surface area (TPSA) is 138 Å². The first-order chi connectivity index (χ1) is 19.2. The maximum absolute atomic E-state index is 11.8. The normalized spacial score (nSPS) is 10.3. The number of hydrogen-bond donors (Lipinski definition) is 3. The van der Waals surface area contributed by atoms with E-state index in [1.165, 1.54) is 68.9 Å². The Morgan fingerprint density at radius 2 is 1.07 bits per heavy atom. The van der Waals surface area contributed by atoms with Gasteiger partial charge < -0.3 is 20.1 Å². The summed E-state index contributed by atoms with van der Waals surface area (Å²) in [6.07, 6.45) is 14.0. The Morgan fingerprint density at radius 3 is 1.60 bits per heavy atom. The van der Waals surface area contributed by atoms with Crippen LogP contribution < -0.4 is 0 Å². The SMILES string of the molecule is CCCCCCCCCCOC(=O)c1cccc(C(=O)O)c1.CCCCCCc1c(C(=O)O)cccc1C(=O)O. The second kappa shape index (κ2) is 20.3. The van der Waals surface area contributed by atoms with Crippen molar-refractivity contribution in [3.63, 3.8) is 0 Å². The first kappa shape index (κ1) is 34.3. The molecule has 0 heterocycles. The molecule has 8 nitrogen and oxygen atoms in total. The number of carbonyl (C=O) groups excluding carboxylic acids is 1. The zero-order chi connectivity index (χ0) is 29.8. The molecule has 0 amide bonds. The highest BCUT2D eigenvalue weighted by atomic mass is 16.5. The maximum atomic E-state index is 11.8. The average Bonchev–Trinajstić information content (AvgIpc) is 2.94. The molecule has 3 N–H and O–H groups in total. The molecule has 0 spiro atoms. The molecular formula is C32H44O8. The van der Waals surface area contributed by atoms with Gasteiger partial charge >= 0.3 is 23.9 Å². The van der Waals surface area contributed by atoms with E-state index >= 15 is 0 Å². The van der Waals surface area contributed by atoms with Gasteiger partial charge in [0.1, 0.15) is 0 Å². The molecule has 2 aromatic rings. The van der Waals surface area contributed by atoms with Crippen molar-refractivity contribution in [2.45, 2.75) is 97.3 Å². The highest BCUT2D eigenvalue weighted by molar-refractivity contribution is 5.96. The number of aromatic carboxylic acids is 3. The fourth-order valence-electron chi connectivity index (χ4n) is 4.25. The minimum Gasteiger partial charge on any atom is -0.478 e. The van der Waals surface area contributed by atoms with Gasteiger partial charge in [0.05, 0.1) is 28.9 Å². The number of carboxylic acids is 3. The van der Waals surface area contributed by atoms with Crippen molar-refractivity contribution in [2.24, 2.45) is 0 Å². The van der Waals surface area contributed by atoms with Crippen LogP contribution in [0.25, 0.3) is 0 Å². The zero-order valence-electron chi connectivity index (χ0n) is 23.8. The summed E-state index contributed by atoms with van der Waals surface area (Å²) in [6.45, 7) is 4.69. The Balaban J connectivity index is 0.000000408. The van der Waals surface area contributed by atoms with Gasteiger partial charge in [-0.3, -0.25) is 0 Å². The number of ether oxygens (including phenoxy) is 1. The number of rotatable bonds is 18. The summed E-state index contributed by atoms with van der Waals surface area (Å²) >= 11 is 0. The molecule has 0 unspecified atom stereocenters. The fourth-order valence-corrected chi connectivity index (χ4v) is 4.25. The van der Waals surface area contributed by atoms with E-state index in [1.807, 2.05) is 0 Å². The number of carbonyl (C=O) groups is 4. The number of carboxylic acid groups (broad SMARTS) is 3. The van der Waals surface area contributed by atoms with E-state index in [0.717, 1.165) is 38.5 Å². The van der Waals surface area contributed by atoms with Gasteiger partial charge in [0.2, 0.25) is 0 Å². The molecule has 0 bridgehead atoms. The summed E-state index contributed by atoms with van der Waals surface area (Å²) in [5, 5.41) is 27.1. The van der Waals surface area contributed by atoms with Crippen molar-refractivity contribution < 1.29 is 39.2 Å². The van der Waals surface area contributed by atoms with E-state index < -0.39 is 23.9 Å². The van der Waals surface area contributed by atoms with Crippen LogP contribution in [0.2, 0.25) is 0 Å². The summed E-state index contributed by atoms with van der Waals surface area (Å²) < 4.78 is 5.18. The van der Waals surface area contributed by atoms with Gasteiger partial charge in [-0.25, -0.2) is 19.2 Å². The highest BCUT2D eigenvalue weighted by Crippen LogP contribution is 2.19. The van der Waals surface area contributed by atoms with E-state index in [0.29, 0.717) is 24.2 Å². The molecule has 0 radical (unpaired) electrons. The van der Waals surface area contributed by atoms with Gasteiger partial charge in [-0.1, -0.05) is 90.2 Å². The van der Waals surface area contributed by atoms with Gasteiger partial charge in [0.25, 0.3) is 0 Å². The minimum atomic E-state index is -1.07. The highest BCUT2D eigenvalue weighted by Gasteiger charge is 2.17. The zero-order valence-corrected chi connectivity index (χ0v) is 23.8. The van der Waals surface area contributed by atoms with E-state index in [1.54, 1.807) is 12.1 Å². The molecule has 0 aromatic heterocycles. The second-order valence-corrected chi connectivity index (χ2v) is 9.75. The molecule has 40 heavy (non-hydrogen) atoms. The van der Waals surface area contributed by atoms with Crippen molar-refractivity contribution in [3.05, 3.63) is 70.3 Å². The van der Waals surface area contributed by atoms with Gasteiger partial charge in [-0.05, 0) is 55.2 Å². The lowest BCUT2D eigenvalue weighted by molar-refractivity contribution is 0.0496. The second-order valence-electron chi connectivity index (χ2n) is 9.75. The number of benzene rings is 2. The lowest BCUT2D eigenvalue weighted by atomic mass is 9.95. The lowest BCUT2D eigenvalue weighted by Gasteiger charge is -2.09. The van der Waals surface area contributed by atoms with Gasteiger partial charge in [0, 0.05) is 0 Å². The summed E-state index contributed by atoms with van der Waals surface area (Å²) in [4.78, 5) is 44.8. The third kappa shape index (κ3) is 13.4. The minimum absolute atomic E-state index is 0.0986. The third-order valence-corrected chi connectivity index (χ3v) is 6.49. The van der Waals surface area contributed by atoms with Crippen LogP contribution in [-0.4, -0.2) is 45.8 Å². The predicted molar refractivity (Wildman–Crippen MR) is 155 cm³/mol. The Hall–Kier alpha value is -3.68. The van der Waals surface area contributed by atoms with Crippen molar-refractivity contribution >= 4 is 23.9 Å². The average molecular weight is 557 g/mol. The van der Waals surface area contributed by atoms with Crippen LogP contribution in [0.4, 0.5) is 0 Å². The van der Waals surface area contributed by atoms with Crippen LogP contribution in [0.5, 0.6) is 0 Å². The first-order valence-electron chi connectivity index (χ1n) is 14.3. The summed E-state index contributed by atoms with van der Waals surface area (Å²) in [5.41, 5.74) is 1.03. The fraction of sp³-hybridized carbons (Fsp3) is 0.500. The molecule has 0 atom stereocenters. The van der Waals surface area contributed by atoms with Crippen LogP contribution >= 0.6 is 0 Å². The van der Waals surface area contributed by atoms with E-state index in [4.69, 9.17) is 20.1 Å². The van der Waals surface area contributed by atoms with Crippen LogP contribution in [0.1, 0.15) is 138 Å². The Bertz CT molecular complexity index is 1040. The number of unbranched alkanes of at least 4 members (excludes halogenated alkanes) is 10. The van der Waals surface area contributed by atoms with E-state index in [9.17, 15) is 19.2 Å². The monoisotopic (exact) mass is 556 g/mol. The quantitative estimate of drug-likeness (QED) is 0.124. The van der Waals surface area contributed by atoms with Crippen molar-refractivity contribution in [3.8, 4) is 0 Å². The molecule has 0 fully saturated rings. The third-order valence-electron chi connectivity index (χ3n) is 6.49. The van der Waals surface area contributed by atoms with Crippen LogP contribution in [0.3, 0.4) is 0 Å². The first-order valence-corrected chi connectivity index (χ1v) is 14.3. The predicted octanol–water partition coefficient (Wildman–Crippen LogP) is 7.89. The molecule has 2 aromatic carbocycles.